The zero-order chi connectivity index (χ0) is 17.0. The molecule has 0 spiro atoms. The smallest absolute Gasteiger partial charge is 0.264 e. The summed E-state index contributed by atoms with van der Waals surface area (Å²) in [7, 11) is 0. The molecule has 0 unspecified atom stereocenters. The first-order valence-electron chi connectivity index (χ1n) is 8.94. The molecule has 2 heterocycles. The topological polar surface area (TPSA) is 66.6 Å². The van der Waals surface area contributed by atoms with Crippen molar-refractivity contribution >= 4 is 35.6 Å². The number of amides is 2. The lowest BCUT2D eigenvalue weighted by atomic mass is 9.71. The van der Waals surface area contributed by atoms with Crippen molar-refractivity contribution in [2.45, 2.75) is 38.5 Å². The van der Waals surface area contributed by atoms with Gasteiger partial charge < -0.3 is 15.5 Å². The van der Waals surface area contributed by atoms with Gasteiger partial charge in [0.25, 0.3) is 5.91 Å². The van der Waals surface area contributed by atoms with Crippen molar-refractivity contribution in [1.29, 1.82) is 0 Å². The van der Waals surface area contributed by atoms with Crippen LogP contribution in [0.4, 0.5) is 0 Å². The van der Waals surface area contributed by atoms with Crippen LogP contribution < -0.4 is 5.73 Å². The van der Waals surface area contributed by atoms with Crippen molar-refractivity contribution in [3.05, 3.63) is 22.4 Å². The first-order chi connectivity index (χ1) is 11.6. The average molecular weight is 386 g/mol. The summed E-state index contributed by atoms with van der Waals surface area (Å²) in [6.07, 6.45) is 6.36. The third kappa shape index (κ3) is 4.74. The number of thiophene rings is 1. The minimum atomic E-state index is 0. The van der Waals surface area contributed by atoms with Gasteiger partial charge in [0.2, 0.25) is 5.91 Å². The first-order valence-corrected chi connectivity index (χ1v) is 9.82. The van der Waals surface area contributed by atoms with E-state index in [4.69, 9.17) is 5.73 Å². The van der Waals surface area contributed by atoms with Crippen molar-refractivity contribution in [3.63, 3.8) is 0 Å². The molecule has 1 saturated heterocycles. The summed E-state index contributed by atoms with van der Waals surface area (Å²) < 4.78 is 0. The molecule has 140 valence electrons. The lowest BCUT2D eigenvalue weighted by Crippen LogP contribution is -2.51. The number of nitrogens with two attached hydrogens (primary N) is 1. The molecular formula is C18H28ClN3O2S. The standard InChI is InChI=1S/C18H27N3O2S.ClH/c19-14-18(6-2-1-3-7-18)13-16(22)20-8-10-21(11-9-20)17(23)15-5-4-12-24-15;/h4-5,12H,1-3,6-11,13-14,19H2;1H. The highest BCUT2D eigenvalue weighted by Gasteiger charge is 2.35. The monoisotopic (exact) mass is 385 g/mol. The van der Waals surface area contributed by atoms with Crippen molar-refractivity contribution in [1.82, 2.24) is 9.80 Å². The highest BCUT2D eigenvalue weighted by atomic mass is 35.5. The fraction of sp³-hybridized carbons (Fsp3) is 0.667. The number of carbonyl (C=O) groups excluding carboxylic acids is 2. The normalized spacial score (nSPS) is 20.0. The van der Waals surface area contributed by atoms with Gasteiger partial charge in [-0.2, -0.15) is 0 Å². The van der Waals surface area contributed by atoms with Gasteiger partial charge in [0, 0.05) is 32.6 Å². The van der Waals surface area contributed by atoms with Crippen LogP contribution in [-0.4, -0.2) is 54.3 Å². The Labute approximate surface area is 160 Å². The maximum absolute atomic E-state index is 12.7. The Bertz CT molecular complexity index is 565. The van der Waals surface area contributed by atoms with Crippen LogP contribution in [0.25, 0.3) is 0 Å². The third-order valence-corrected chi connectivity index (χ3v) is 6.38. The molecular weight excluding hydrogens is 358 g/mol. The predicted molar refractivity (Wildman–Crippen MR) is 103 cm³/mol. The third-order valence-electron chi connectivity index (χ3n) is 5.53. The molecule has 0 aromatic carbocycles. The molecule has 2 amide bonds. The summed E-state index contributed by atoms with van der Waals surface area (Å²) >= 11 is 1.47. The maximum atomic E-state index is 12.7. The van der Waals surface area contributed by atoms with Crippen molar-refractivity contribution < 1.29 is 9.59 Å². The van der Waals surface area contributed by atoms with Crippen LogP contribution in [-0.2, 0) is 4.79 Å². The van der Waals surface area contributed by atoms with Gasteiger partial charge in [-0.25, -0.2) is 0 Å². The summed E-state index contributed by atoms with van der Waals surface area (Å²) in [5.74, 6) is 0.299. The molecule has 2 fully saturated rings. The largest absolute Gasteiger partial charge is 0.339 e. The van der Waals surface area contributed by atoms with E-state index in [1.807, 2.05) is 27.3 Å². The minimum absolute atomic E-state index is 0. The van der Waals surface area contributed by atoms with Crippen LogP contribution >= 0.6 is 23.7 Å². The highest BCUT2D eigenvalue weighted by Crippen LogP contribution is 2.38. The fourth-order valence-corrected chi connectivity index (χ4v) is 4.59. The van der Waals surface area contributed by atoms with E-state index in [1.165, 1.54) is 30.6 Å². The second-order valence-corrected chi connectivity index (χ2v) is 8.04. The van der Waals surface area contributed by atoms with E-state index in [9.17, 15) is 9.59 Å². The second-order valence-electron chi connectivity index (χ2n) is 7.09. The summed E-state index contributed by atoms with van der Waals surface area (Å²) in [5.41, 5.74) is 6.02. The molecule has 1 aliphatic heterocycles. The van der Waals surface area contributed by atoms with Crippen LogP contribution in [0.5, 0.6) is 0 Å². The van der Waals surface area contributed by atoms with E-state index >= 15 is 0 Å². The molecule has 1 aromatic rings. The van der Waals surface area contributed by atoms with Gasteiger partial charge in [-0.05, 0) is 36.2 Å². The van der Waals surface area contributed by atoms with Crippen LogP contribution in [0.2, 0.25) is 0 Å². The summed E-state index contributed by atoms with van der Waals surface area (Å²) in [6.45, 7) is 3.12. The van der Waals surface area contributed by atoms with Gasteiger partial charge in [-0.1, -0.05) is 25.3 Å². The molecule has 2 N–H and O–H groups in total. The lowest BCUT2D eigenvalue weighted by Gasteiger charge is -2.39. The Morgan fingerprint density at radius 1 is 1.08 bits per heavy atom. The van der Waals surface area contributed by atoms with Crippen molar-refractivity contribution in [2.75, 3.05) is 32.7 Å². The van der Waals surface area contributed by atoms with Crippen molar-refractivity contribution in [3.8, 4) is 0 Å². The van der Waals surface area contributed by atoms with Crippen LogP contribution in [0.1, 0.15) is 48.2 Å². The molecule has 0 atom stereocenters. The summed E-state index contributed by atoms with van der Waals surface area (Å²) in [4.78, 5) is 29.6. The molecule has 3 rings (SSSR count). The average Bonchev–Trinajstić information content (AvgIpc) is 3.16. The fourth-order valence-electron chi connectivity index (χ4n) is 3.90. The highest BCUT2D eigenvalue weighted by molar-refractivity contribution is 7.12. The maximum Gasteiger partial charge on any atom is 0.264 e. The zero-order valence-electron chi connectivity index (χ0n) is 14.6. The van der Waals surface area contributed by atoms with E-state index in [0.29, 0.717) is 39.1 Å². The van der Waals surface area contributed by atoms with Gasteiger partial charge in [0.05, 0.1) is 4.88 Å². The molecule has 7 heteroatoms. The minimum Gasteiger partial charge on any atom is -0.339 e. The number of piperazine rings is 1. The molecule has 1 saturated carbocycles. The Morgan fingerprint density at radius 3 is 2.28 bits per heavy atom. The SMILES string of the molecule is Cl.NCC1(CC(=O)N2CCN(C(=O)c3cccs3)CC2)CCCCC1. The quantitative estimate of drug-likeness (QED) is 0.866. The Morgan fingerprint density at radius 2 is 1.72 bits per heavy atom. The van der Waals surface area contributed by atoms with Crippen LogP contribution in [0.15, 0.2) is 17.5 Å². The zero-order valence-corrected chi connectivity index (χ0v) is 16.2. The molecule has 0 radical (unpaired) electrons. The number of nitrogens with zero attached hydrogens (tertiary/aromatic N) is 2. The number of halogens is 1. The molecule has 1 aliphatic carbocycles. The Balaban J connectivity index is 0.00000225. The lowest BCUT2D eigenvalue weighted by molar-refractivity contribution is -0.135. The van der Waals surface area contributed by atoms with Crippen LogP contribution in [0, 0.1) is 5.41 Å². The van der Waals surface area contributed by atoms with E-state index in [2.05, 4.69) is 0 Å². The van der Waals surface area contributed by atoms with Gasteiger partial charge in [0.15, 0.2) is 0 Å². The molecule has 25 heavy (non-hydrogen) atoms. The molecule has 2 aliphatic rings. The van der Waals surface area contributed by atoms with Crippen LogP contribution in [0.3, 0.4) is 0 Å². The first kappa shape index (κ1) is 20.2. The van der Waals surface area contributed by atoms with E-state index in [0.717, 1.165) is 17.7 Å². The summed E-state index contributed by atoms with van der Waals surface area (Å²) in [5, 5.41) is 1.92. The number of hydrogen-bond acceptors (Lipinski definition) is 4. The Hall–Kier alpha value is -1.11. The van der Waals surface area contributed by atoms with Gasteiger partial charge in [0.1, 0.15) is 0 Å². The second kappa shape index (κ2) is 9.01. The molecule has 1 aromatic heterocycles. The molecule has 0 bridgehead atoms. The van der Waals surface area contributed by atoms with E-state index in [1.54, 1.807) is 0 Å². The number of hydrogen-bond donors (Lipinski definition) is 1. The Kier molecular flexibility index (Phi) is 7.28. The predicted octanol–water partition coefficient (Wildman–Crippen LogP) is 2.75. The van der Waals surface area contributed by atoms with Gasteiger partial charge in [-0.3, -0.25) is 9.59 Å². The van der Waals surface area contributed by atoms with Gasteiger partial charge in [-0.15, -0.1) is 23.7 Å². The van der Waals surface area contributed by atoms with Crippen molar-refractivity contribution in [2.24, 2.45) is 11.1 Å². The summed E-state index contributed by atoms with van der Waals surface area (Å²) in [6, 6.07) is 3.76. The molecule has 5 nitrogen and oxygen atoms in total. The van der Waals surface area contributed by atoms with E-state index in [-0.39, 0.29) is 29.6 Å². The number of rotatable bonds is 4. The van der Waals surface area contributed by atoms with Gasteiger partial charge >= 0.3 is 0 Å². The number of carbonyl (C=O) groups is 2. The van der Waals surface area contributed by atoms with E-state index < -0.39 is 0 Å².